The van der Waals surface area contributed by atoms with E-state index in [2.05, 4.69) is 27.4 Å². The van der Waals surface area contributed by atoms with Crippen molar-refractivity contribution < 1.29 is 10.1 Å². The lowest BCUT2D eigenvalue weighted by Gasteiger charge is -2.20. The zero-order chi connectivity index (χ0) is 12.4. The third-order valence-corrected chi connectivity index (χ3v) is 3.39. The molecule has 0 fully saturated rings. The predicted molar refractivity (Wildman–Crippen MR) is 68.5 cm³/mol. The molecule has 1 atom stereocenters. The standard InChI is InChI=1S/C14H17N3O/c1-2-18-11-5-3-10(4-6-11)13-14-12(7-8-15-13)16-9-17-14/h3-6,9,13,15H,2,7-8H2,1H3,(H,16,17)/p+1/t13-/m0/s1. The Morgan fingerprint density at radius 3 is 3.00 bits per heavy atom. The lowest BCUT2D eigenvalue weighted by Crippen LogP contribution is -2.87. The Kier molecular flexibility index (Phi) is 3.02. The van der Waals surface area contributed by atoms with Crippen molar-refractivity contribution in [1.29, 1.82) is 0 Å². The molecular formula is C14H18N3O+. The molecule has 4 nitrogen and oxygen atoms in total. The summed E-state index contributed by atoms with van der Waals surface area (Å²) < 4.78 is 5.47. The lowest BCUT2D eigenvalue weighted by molar-refractivity contribution is -0.690. The van der Waals surface area contributed by atoms with Crippen LogP contribution in [0.2, 0.25) is 0 Å². The van der Waals surface area contributed by atoms with Crippen molar-refractivity contribution in [2.45, 2.75) is 19.4 Å². The molecule has 1 aromatic carbocycles. The number of H-pyrrole nitrogens is 1. The van der Waals surface area contributed by atoms with Crippen LogP contribution in [0, 0.1) is 0 Å². The predicted octanol–water partition coefficient (Wildman–Crippen LogP) is 1.02. The SMILES string of the molecule is CCOc1ccc([C@@H]2[NH2+]CCc3[nH]cnc32)cc1. The van der Waals surface area contributed by atoms with Crippen molar-refractivity contribution >= 4 is 0 Å². The van der Waals surface area contributed by atoms with Crippen LogP contribution in [0.25, 0.3) is 0 Å². The second-order valence-corrected chi connectivity index (χ2v) is 4.52. The third kappa shape index (κ3) is 1.99. The van der Waals surface area contributed by atoms with Gasteiger partial charge < -0.3 is 15.0 Å². The molecule has 0 radical (unpaired) electrons. The van der Waals surface area contributed by atoms with E-state index < -0.39 is 0 Å². The molecule has 0 saturated heterocycles. The van der Waals surface area contributed by atoms with Crippen molar-refractivity contribution in [3.63, 3.8) is 0 Å². The van der Waals surface area contributed by atoms with Gasteiger partial charge in [0.25, 0.3) is 0 Å². The first kappa shape index (κ1) is 11.3. The molecule has 1 aliphatic rings. The number of nitrogens with two attached hydrogens (primary N) is 1. The summed E-state index contributed by atoms with van der Waals surface area (Å²) in [5, 5.41) is 2.35. The molecule has 2 aromatic rings. The first-order valence-corrected chi connectivity index (χ1v) is 6.46. The number of benzene rings is 1. The van der Waals surface area contributed by atoms with Crippen LogP contribution in [0.3, 0.4) is 0 Å². The Morgan fingerprint density at radius 1 is 1.39 bits per heavy atom. The summed E-state index contributed by atoms with van der Waals surface area (Å²) in [6.45, 7) is 3.81. The summed E-state index contributed by atoms with van der Waals surface area (Å²) in [5.74, 6) is 0.930. The highest BCUT2D eigenvalue weighted by molar-refractivity contribution is 5.33. The molecule has 94 valence electrons. The van der Waals surface area contributed by atoms with Crippen molar-refractivity contribution in [2.75, 3.05) is 13.2 Å². The van der Waals surface area contributed by atoms with Gasteiger partial charge in [-0.3, -0.25) is 0 Å². The Balaban J connectivity index is 1.88. The van der Waals surface area contributed by atoms with Gasteiger partial charge in [0.1, 0.15) is 11.4 Å². The van der Waals surface area contributed by atoms with Gasteiger partial charge in [-0.15, -0.1) is 0 Å². The molecule has 0 amide bonds. The van der Waals surface area contributed by atoms with Gasteiger partial charge in [0, 0.05) is 17.7 Å². The summed E-state index contributed by atoms with van der Waals surface area (Å²) in [6, 6.07) is 8.66. The Morgan fingerprint density at radius 2 is 2.22 bits per heavy atom. The average Bonchev–Trinajstić information content (AvgIpc) is 2.88. The summed E-state index contributed by atoms with van der Waals surface area (Å²) in [7, 11) is 0. The van der Waals surface area contributed by atoms with E-state index in [-0.39, 0.29) is 0 Å². The normalized spacial score (nSPS) is 18.4. The van der Waals surface area contributed by atoms with Gasteiger partial charge in [0.15, 0.2) is 6.04 Å². The molecular weight excluding hydrogens is 226 g/mol. The van der Waals surface area contributed by atoms with E-state index >= 15 is 0 Å². The van der Waals surface area contributed by atoms with Crippen LogP contribution in [0.15, 0.2) is 30.6 Å². The first-order chi connectivity index (χ1) is 8.88. The van der Waals surface area contributed by atoms with Gasteiger partial charge in [-0.2, -0.15) is 0 Å². The van der Waals surface area contributed by atoms with Gasteiger partial charge in [0.2, 0.25) is 0 Å². The van der Waals surface area contributed by atoms with Crippen LogP contribution < -0.4 is 10.1 Å². The molecule has 2 heterocycles. The first-order valence-electron chi connectivity index (χ1n) is 6.46. The maximum atomic E-state index is 5.47. The number of fused-ring (bicyclic) bond motifs is 1. The van der Waals surface area contributed by atoms with E-state index in [1.54, 1.807) is 6.33 Å². The molecule has 1 aliphatic heterocycles. The topological polar surface area (TPSA) is 54.5 Å². The number of hydrogen-bond donors (Lipinski definition) is 2. The highest BCUT2D eigenvalue weighted by atomic mass is 16.5. The minimum Gasteiger partial charge on any atom is -0.494 e. The number of quaternary nitrogens is 1. The molecule has 0 unspecified atom stereocenters. The summed E-state index contributed by atoms with van der Waals surface area (Å²) in [6.07, 6.45) is 2.87. The van der Waals surface area contributed by atoms with Gasteiger partial charge in [-0.1, -0.05) is 0 Å². The van der Waals surface area contributed by atoms with Crippen LogP contribution in [-0.4, -0.2) is 23.1 Å². The van der Waals surface area contributed by atoms with Gasteiger partial charge >= 0.3 is 0 Å². The van der Waals surface area contributed by atoms with Gasteiger partial charge in [-0.05, 0) is 31.2 Å². The van der Waals surface area contributed by atoms with Crippen LogP contribution >= 0.6 is 0 Å². The summed E-state index contributed by atoms with van der Waals surface area (Å²) >= 11 is 0. The maximum Gasteiger partial charge on any atom is 0.156 e. The fourth-order valence-corrected chi connectivity index (χ4v) is 2.54. The van der Waals surface area contributed by atoms with Crippen molar-refractivity contribution in [2.24, 2.45) is 0 Å². The number of nitrogens with zero attached hydrogens (tertiary/aromatic N) is 1. The molecule has 1 aromatic heterocycles. The van der Waals surface area contributed by atoms with Crippen molar-refractivity contribution in [3.8, 4) is 5.75 Å². The number of rotatable bonds is 3. The fraction of sp³-hybridized carbons (Fsp3) is 0.357. The molecule has 0 aliphatic carbocycles. The fourth-order valence-electron chi connectivity index (χ4n) is 2.54. The van der Waals surface area contributed by atoms with Crippen LogP contribution in [0.5, 0.6) is 5.75 Å². The molecule has 0 spiro atoms. The van der Waals surface area contributed by atoms with Crippen LogP contribution in [-0.2, 0) is 6.42 Å². The third-order valence-electron chi connectivity index (χ3n) is 3.39. The largest absolute Gasteiger partial charge is 0.494 e. The molecule has 0 bridgehead atoms. The van der Waals surface area contributed by atoms with E-state index in [0.717, 1.165) is 18.7 Å². The zero-order valence-electron chi connectivity index (χ0n) is 10.5. The number of aromatic nitrogens is 2. The smallest absolute Gasteiger partial charge is 0.156 e. The van der Waals surface area contributed by atoms with Crippen molar-refractivity contribution in [1.82, 2.24) is 9.97 Å². The van der Waals surface area contributed by atoms with Crippen LogP contribution in [0.4, 0.5) is 0 Å². The number of nitrogens with one attached hydrogen (secondary N) is 1. The summed E-state index contributed by atoms with van der Waals surface area (Å²) in [5.41, 5.74) is 3.73. The zero-order valence-corrected chi connectivity index (χ0v) is 10.5. The van der Waals surface area contributed by atoms with E-state index in [9.17, 15) is 0 Å². The Labute approximate surface area is 106 Å². The quantitative estimate of drug-likeness (QED) is 0.847. The van der Waals surface area contributed by atoms with E-state index in [0.29, 0.717) is 12.6 Å². The van der Waals surface area contributed by atoms with Crippen LogP contribution in [0.1, 0.15) is 29.9 Å². The maximum absolute atomic E-state index is 5.47. The monoisotopic (exact) mass is 244 g/mol. The highest BCUT2D eigenvalue weighted by Gasteiger charge is 2.27. The second kappa shape index (κ2) is 4.82. The molecule has 0 saturated carbocycles. The van der Waals surface area contributed by atoms with Gasteiger partial charge in [0.05, 0.1) is 19.5 Å². The Bertz CT molecular complexity index is 518. The minimum absolute atomic E-state index is 0.315. The lowest BCUT2D eigenvalue weighted by atomic mass is 9.98. The highest BCUT2D eigenvalue weighted by Crippen LogP contribution is 2.23. The molecule has 18 heavy (non-hydrogen) atoms. The number of imidazole rings is 1. The number of aromatic amines is 1. The molecule has 3 rings (SSSR count). The number of ether oxygens (including phenoxy) is 1. The minimum atomic E-state index is 0.315. The van der Waals surface area contributed by atoms with Crippen molar-refractivity contribution in [3.05, 3.63) is 47.5 Å². The summed E-state index contributed by atoms with van der Waals surface area (Å²) in [4.78, 5) is 7.69. The van der Waals surface area contributed by atoms with E-state index in [4.69, 9.17) is 4.74 Å². The van der Waals surface area contributed by atoms with E-state index in [1.807, 2.05) is 19.1 Å². The second-order valence-electron chi connectivity index (χ2n) is 4.52. The van der Waals surface area contributed by atoms with E-state index in [1.165, 1.54) is 17.0 Å². The molecule has 3 N–H and O–H groups in total. The Hall–Kier alpha value is -1.81. The molecule has 4 heteroatoms. The average molecular weight is 244 g/mol. The van der Waals surface area contributed by atoms with Gasteiger partial charge in [-0.25, -0.2) is 4.98 Å². The number of hydrogen-bond acceptors (Lipinski definition) is 2.